The van der Waals surface area contributed by atoms with E-state index in [-0.39, 0.29) is 12.0 Å². The molecule has 1 aliphatic heterocycles. The molecule has 1 aromatic rings. The molecule has 0 aromatic carbocycles. The van der Waals surface area contributed by atoms with Crippen LogP contribution in [-0.2, 0) is 4.79 Å². The van der Waals surface area contributed by atoms with Crippen LogP contribution in [0.2, 0.25) is 0 Å². The quantitative estimate of drug-likeness (QED) is 0.786. The first-order valence-corrected chi connectivity index (χ1v) is 9.97. The van der Waals surface area contributed by atoms with Crippen LogP contribution in [0.4, 0.5) is 0 Å². The Kier molecular flexibility index (Phi) is 6.65. The summed E-state index contributed by atoms with van der Waals surface area (Å²) in [5.41, 5.74) is 0. The van der Waals surface area contributed by atoms with Gasteiger partial charge in [0.1, 0.15) is 6.10 Å². The van der Waals surface area contributed by atoms with Gasteiger partial charge in [-0.2, -0.15) is 0 Å². The van der Waals surface area contributed by atoms with Crippen LogP contribution in [0.3, 0.4) is 0 Å². The molecule has 5 heteroatoms. The molecule has 138 valence electrons. The van der Waals surface area contributed by atoms with E-state index in [1.54, 1.807) is 18.6 Å². The van der Waals surface area contributed by atoms with Crippen molar-refractivity contribution in [3.8, 4) is 5.88 Å². The topological polar surface area (TPSA) is 55.3 Å². The number of amides is 1. The summed E-state index contributed by atoms with van der Waals surface area (Å²) >= 11 is 0. The maximum absolute atomic E-state index is 12.9. The number of nitrogens with zero attached hydrogens (tertiary/aromatic N) is 3. The van der Waals surface area contributed by atoms with Gasteiger partial charge in [-0.25, -0.2) is 4.98 Å². The number of rotatable bonds is 6. The standard InChI is InChI=1S/C20H31N3O2/c1-2-3-5-16-7-9-17(10-8-16)20(24)23-13-4-6-18(15-23)25-19-14-21-11-12-22-19/h11-12,14,16-18H,2-10,13,15H2,1H3. The van der Waals surface area contributed by atoms with Gasteiger partial charge in [0.25, 0.3) is 0 Å². The predicted molar refractivity (Wildman–Crippen MR) is 97.2 cm³/mol. The van der Waals surface area contributed by atoms with Gasteiger partial charge in [0.05, 0.1) is 12.7 Å². The fourth-order valence-electron chi connectivity index (χ4n) is 4.20. The minimum absolute atomic E-state index is 0.0373. The van der Waals surface area contributed by atoms with Crippen LogP contribution >= 0.6 is 0 Å². The van der Waals surface area contributed by atoms with Crippen LogP contribution in [0.25, 0.3) is 0 Å². The van der Waals surface area contributed by atoms with Gasteiger partial charge in [-0.3, -0.25) is 9.78 Å². The van der Waals surface area contributed by atoms with Crippen LogP contribution in [0.5, 0.6) is 5.88 Å². The van der Waals surface area contributed by atoms with Gasteiger partial charge in [-0.15, -0.1) is 0 Å². The smallest absolute Gasteiger partial charge is 0.232 e. The monoisotopic (exact) mass is 345 g/mol. The molecule has 1 aromatic heterocycles. The lowest BCUT2D eigenvalue weighted by Gasteiger charge is -2.36. The van der Waals surface area contributed by atoms with Gasteiger partial charge < -0.3 is 9.64 Å². The number of piperidine rings is 1. The highest BCUT2D eigenvalue weighted by Crippen LogP contribution is 2.33. The zero-order chi connectivity index (χ0) is 17.5. The van der Waals surface area contributed by atoms with E-state index >= 15 is 0 Å². The van der Waals surface area contributed by atoms with Crippen molar-refractivity contribution in [1.82, 2.24) is 14.9 Å². The van der Waals surface area contributed by atoms with Gasteiger partial charge in [-0.05, 0) is 44.4 Å². The summed E-state index contributed by atoms with van der Waals surface area (Å²) in [6.45, 7) is 3.81. The zero-order valence-electron chi connectivity index (χ0n) is 15.4. The molecule has 1 saturated carbocycles. The molecule has 0 radical (unpaired) electrons. The van der Waals surface area contributed by atoms with Crippen molar-refractivity contribution >= 4 is 5.91 Å². The first kappa shape index (κ1) is 18.2. The highest BCUT2D eigenvalue weighted by molar-refractivity contribution is 5.79. The third kappa shape index (κ3) is 5.16. The van der Waals surface area contributed by atoms with Gasteiger partial charge >= 0.3 is 0 Å². The Morgan fingerprint density at radius 1 is 1.24 bits per heavy atom. The summed E-state index contributed by atoms with van der Waals surface area (Å²) in [6, 6.07) is 0. The molecule has 1 saturated heterocycles. The Labute approximate surface area is 151 Å². The van der Waals surface area contributed by atoms with Crippen molar-refractivity contribution in [1.29, 1.82) is 0 Å². The minimum atomic E-state index is 0.0373. The van der Waals surface area contributed by atoms with Crippen LogP contribution < -0.4 is 4.74 Å². The first-order valence-electron chi connectivity index (χ1n) is 9.97. The Morgan fingerprint density at radius 2 is 2.08 bits per heavy atom. The average Bonchev–Trinajstić information content (AvgIpc) is 2.67. The Bertz CT molecular complexity index is 529. The maximum Gasteiger partial charge on any atom is 0.232 e. The van der Waals surface area contributed by atoms with Crippen LogP contribution in [0.1, 0.15) is 64.7 Å². The zero-order valence-corrected chi connectivity index (χ0v) is 15.4. The summed E-state index contributed by atoms with van der Waals surface area (Å²) in [4.78, 5) is 23.2. The van der Waals surface area contributed by atoms with Gasteiger partial charge in [-0.1, -0.05) is 26.2 Å². The molecule has 1 unspecified atom stereocenters. The van der Waals surface area contributed by atoms with E-state index in [0.717, 1.165) is 38.1 Å². The van der Waals surface area contributed by atoms with Crippen molar-refractivity contribution in [3.05, 3.63) is 18.6 Å². The van der Waals surface area contributed by atoms with Crippen molar-refractivity contribution < 1.29 is 9.53 Å². The van der Waals surface area contributed by atoms with Crippen molar-refractivity contribution in [3.63, 3.8) is 0 Å². The summed E-state index contributed by atoms with van der Waals surface area (Å²) < 4.78 is 5.92. The minimum Gasteiger partial charge on any atom is -0.471 e. The van der Waals surface area contributed by atoms with Gasteiger partial charge in [0, 0.05) is 24.9 Å². The van der Waals surface area contributed by atoms with E-state index in [0.29, 0.717) is 18.3 Å². The number of likely N-dealkylation sites (tertiary alicyclic amines) is 1. The van der Waals surface area contributed by atoms with E-state index in [1.807, 2.05) is 4.90 Å². The number of carbonyl (C=O) groups is 1. The molecule has 0 spiro atoms. The number of hydrogen-bond donors (Lipinski definition) is 0. The number of carbonyl (C=O) groups excluding carboxylic acids is 1. The second kappa shape index (κ2) is 9.16. The summed E-state index contributed by atoms with van der Waals surface area (Å²) in [7, 11) is 0. The molecule has 1 amide bonds. The lowest BCUT2D eigenvalue weighted by molar-refractivity contribution is -0.139. The molecular formula is C20H31N3O2. The van der Waals surface area contributed by atoms with Crippen molar-refractivity contribution in [2.24, 2.45) is 11.8 Å². The Hall–Kier alpha value is -1.65. The van der Waals surface area contributed by atoms with E-state index in [4.69, 9.17) is 4.74 Å². The molecule has 0 N–H and O–H groups in total. The Morgan fingerprint density at radius 3 is 2.80 bits per heavy atom. The first-order chi connectivity index (χ1) is 12.3. The molecule has 1 atom stereocenters. The molecule has 25 heavy (non-hydrogen) atoms. The molecule has 5 nitrogen and oxygen atoms in total. The molecular weight excluding hydrogens is 314 g/mol. The van der Waals surface area contributed by atoms with Crippen molar-refractivity contribution in [2.45, 2.75) is 70.8 Å². The number of unbranched alkanes of at least 4 members (excludes halogenated alkanes) is 1. The second-order valence-electron chi connectivity index (χ2n) is 7.57. The molecule has 2 heterocycles. The van der Waals surface area contributed by atoms with E-state index < -0.39 is 0 Å². The maximum atomic E-state index is 12.9. The SMILES string of the molecule is CCCCC1CCC(C(=O)N2CCCC(Oc3cnccn3)C2)CC1. The summed E-state index contributed by atoms with van der Waals surface area (Å²) in [5.74, 6) is 1.98. The number of hydrogen-bond acceptors (Lipinski definition) is 4. The third-order valence-electron chi connectivity index (χ3n) is 5.68. The van der Waals surface area contributed by atoms with Gasteiger partial charge in [0.2, 0.25) is 11.8 Å². The second-order valence-corrected chi connectivity index (χ2v) is 7.57. The lowest BCUT2D eigenvalue weighted by Crippen LogP contribution is -2.47. The molecule has 2 aliphatic rings. The largest absolute Gasteiger partial charge is 0.471 e. The van der Waals surface area contributed by atoms with Crippen LogP contribution in [-0.4, -0.2) is 40.0 Å². The van der Waals surface area contributed by atoms with E-state index in [1.165, 1.54) is 32.1 Å². The molecule has 0 bridgehead atoms. The van der Waals surface area contributed by atoms with E-state index in [2.05, 4.69) is 16.9 Å². The summed E-state index contributed by atoms with van der Waals surface area (Å²) in [5, 5.41) is 0. The fraction of sp³-hybridized carbons (Fsp3) is 0.750. The van der Waals surface area contributed by atoms with E-state index in [9.17, 15) is 4.79 Å². The van der Waals surface area contributed by atoms with Crippen molar-refractivity contribution in [2.75, 3.05) is 13.1 Å². The average molecular weight is 345 g/mol. The number of ether oxygens (including phenoxy) is 1. The highest BCUT2D eigenvalue weighted by atomic mass is 16.5. The van der Waals surface area contributed by atoms with Crippen LogP contribution in [0, 0.1) is 11.8 Å². The van der Waals surface area contributed by atoms with Gasteiger partial charge in [0.15, 0.2) is 0 Å². The highest BCUT2D eigenvalue weighted by Gasteiger charge is 2.32. The molecule has 1 aliphatic carbocycles. The molecule has 3 rings (SSSR count). The van der Waals surface area contributed by atoms with Crippen LogP contribution in [0.15, 0.2) is 18.6 Å². The molecule has 2 fully saturated rings. The third-order valence-corrected chi connectivity index (χ3v) is 5.68. The lowest BCUT2D eigenvalue weighted by atomic mass is 9.79. The predicted octanol–water partition coefficient (Wildman–Crippen LogP) is 3.84. The fourth-order valence-corrected chi connectivity index (χ4v) is 4.20. The normalized spacial score (nSPS) is 27.1. The number of aromatic nitrogens is 2. The Balaban J connectivity index is 1.47. The summed E-state index contributed by atoms with van der Waals surface area (Å²) in [6.07, 6.45) is 15.5.